The van der Waals surface area contributed by atoms with Crippen LogP contribution in [0.4, 0.5) is 0 Å². The molecule has 4 nitrogen and oxygen atoms in total. The van der Waals surface area contributed by atoms with Crippen molar-refractivity contribution in [2.75, 3.05) is 0 Å². The minimum atomic E-state index is -0.0801. The lowest BCUT2D eigenvalue weighted by Crippen LogP contribution is -2.23. The van der Waals surface area contributed by atoms with Crippen LogP contribution in [-0.2, 0) is 24.4 Å². The van der Waals surface area contributed by atoms with Gasteiger partial charge in [0.15, 0.2) is 5.78 Å². The van der Waals surface area contributed by atoms with Crippen molar-refractivity contribution in [3.8, 4) is 0 Å². The van der Waals surface area contributed by atoms with Gasteiger partial charge in [0.1, 0.15) is 0 Å². The lowest BCUT2D eigenvalue weighted by Gasteiger charge is -2.07. The maximum atomic E-state index is 11.9. The minimum Gasteiger partial charge on any atom is -0.352 e. The Kier molecular flexibility index (Phi) is 4.65. The first-order valence-electron chi connectivity index (χ1n) is 7.37. The van der Waals surface area contributed by atoms with Crippen LogP contribution >= 0.6 is 11.3 Å². The molecular formula is C17H18N2O2S. The first-order chi connectivity index (χ1) is 10.7. The van der Waals surface area contributed by atoms with Crippen LogP contribution in [0.15, 0.2) is 35.7 Å². The van der Waals surface area contributed by atoms with Crippen molar-refractivity contribution < 1.29 is 9.59 Å². The summed E-state index contributed by atoms with van der Waals surface area (Å²) in [5, 5.41) is 8.06. The monoisotopic (exact) mass is 314 g/mol. The van der Waals surface area contributed by atoms with E-state index in [2.05, 4.69) is 22.8 Å². The summed E-state index contributed by atoms with van der Waals surface area (Å²) in [6.45, 7) is 2.33. The summed E-state index contributed by atoms with van der Waals surface area (Å²) in [4.78, 5) is 24.4. The summed E-state index contributed by atoms with van der Waals surface area (Å²) in [7, 11) is 0. The molecule has 22 heavy (non-hydrogen) atoms. The minimum absolute atomic E-state index is 0.0359. The lowest BCUT2D eigenvalue weighted by atomic mass is 10.1. The normalized spacial score (nSPS) is 12.9. The van der Waals surface area contributed by atoms with Gasteiger partial charge < -0.3 is 10.6 Å². The number of Topliss-reactive ketones (excluding diaryl/α,β-unsaturated/α-hetero) is 1. The van der Waals surface area contributed by atoms with Crippen LogP contribution in [0.1, 0.15) is 39.2 Å². The van der Waals surface area contributed by atoms with Crippen LogP contribution in [0.3, 0.4) is 0 Å². The number of thiophene rings is 1. The molecule has 2 N–H and O–H groups in total. The number of fused-ring (bicyclic) bond motifs is 1. The molecule has 1 aromatic carbocycles. The van der Waals surface area contributed by atoms with Crippen LogP contribution in [-0.4, -0.2) is 11.7 Å². The summed E-state index contributed by atoms with van der Waals surface area (Å²) in [6.07, 6.45) is 0.504. The fraction of sp³-hybridized carbons (Fsp3) is 0.294. The Labute approximate surface area is 133 Å². The number of hydrogen-bond donors (Lipinski definition) is 2. The SMILES string of the molecule is O=C(CCC(=O)c1cccs1)NCc1ccc2c(c1)CNC2. The summed E-state index contributed by atoms with van der Waals surface area (Å²) < 4.78 is 0. The molecule has 0 saturated heterocycles. The number of rotatable bonds is 6. The highest BCUT2D eigenvalue weighted by molar-refractivity contribution is 7.12. The Morgan fingerprint density at radius 1 is 1.14 bits per heavy atom. The van der Waals surface area contributed by atoms with E-state index in [1.165, 1.54) is 22.5 Å². The molecule has 0 radical (unpaired) electrons. The predicted octanol–water partition coefficient (Wildman–Crippen LogP) is 2.63. The molecule has 2 heterocycles. The Hall–Kier alpha value is -1.98. The van der Waals surface area contributed by atoms with Gasteiger partial charge in [-0.05, 0) is 28.1 Å². The van der Waals surface area contributed by atoms with E-state index in [0.29, 0.717) is 6.54 Å². The van der Waals surface area contributed by atoms with Crippen molar-refractivity contribution in [1.82, 2.24) is 10.6 Å². The second-order valence-corrected chi connectivity index (χ2v) is 6.33. The van der Waals surface area contributed by atoms with Gasteiger partial charge in [0.25, 0.3) is 0 Å². The molecule has 2 aromatic rings. The number of ketones is 1. The van der Waals surface area contributed by atoms with Gasteiger partial charge in [-0.1, -0.05) is 24.3 Å². The van der Waals surface area contributed by atoms with Crippen LogP contribution in [0.2, 0.25) is 0 Å². The van der Waals surface area contributed by atoms with Gasteiger partial charge in [0.2, 0.25) is 5.91 Å². The van der Waals surface area contributed by atoms with Gasteiger partial charge in [-0.2, -0.15) is 0 Å². The van der Waals surface area contributed by atoms with E-state index in [9.17, 15) is 9.59 Å². The summed E-state index contributed by atoms with van der Waals surface area (Å²) in [5.74, 6) is -0.0442. The average Bonchev–Trinajstić information content (AvgIpc) is 3.20. The number of hydrogen-bond acceptors (Lipinski definition) is 4. The molecule has 0 atom stereocenters. The molecule has 1 aliphatic rings. The van der Waals surface area contributed by atoms with Crippen molar-refractivity contribution in [3.05, 3.63) is 57.3 Å². The van der Waals surface area contributed by atoms with E-state index in [1.807, 2.05) is 17.5 Å². The first kappa shape index (κ1) is 14.9. The van der Waals surface area contributed by atoms with Crippen LogP contribution in [0.25, 0.3) is 0 Å². The molecule has 0 bridgehead atoms. The molecule has 0 aliphatic carbocycles. The van der Waals surface area contributed by atoms with E-state index in [0.717, 1.165) is 23.5 Å². The van der Waals surface area contributed by atoms with Gasteiger partial charge in [0, 0.05) is 32.5 Å². The summed E-state index contributed by atoms with van der Waals surface area (Å²) in [6, 6.07) is 9.93. The number of amides is 1. The highest BCUT2D eigenvalue weighted by Crippen LogP contribution is 2.17. The van der Waals surface area contributed by atoms with Crippen LogP contribution < -0.4 is 10.6 Å². The molecule has 1 amide bonds. The smallest absolute Gasteiger partial charge is 0.220 e. The second kappa shape index (κ2) is 6.85. The molecule has 0 fully saturated rings. The van der Waals surface area contributed by atoms with Gasteiger partial charge in [0.05, 0.1) is 4.88 Å². The molecule has 0 saturated carbocycles. The predicted molar refractivity (Wildman–Crippen MR) is 86.7 cm³/mol. The molecule has 1 aliphatic heterocycles. The van der Waals surface area contributed by atoms with Gasteiger partial charge in [-0.3, -0.25) is 9.59 Å². The number of carbonyl (C=O) groups is 2. The molecule has 3 rings (SSSR count). The van der Waals surface area contributed by atoms with Gasteiger partial charge in [-0.25, -0.2) is 0 Å². The first-order valence-corrected chi connectivity index (χ1v) is 8.25. The lowest BCUT2D eigenvalue weighted by molar-refractivity contribution is -0.121. The standard InChI is InChI=1S/C17H18N2O2S/c20-15(16-2-1-7-22-16)5-6-17(21)19-9-12-3-4-13-10-18-11-14(13)8-12/h1-4,7-8,18H,5-6,9-11H2,(H,19,21). The third kappa shape index (κ3) is 3.61. The topological polar surface area (TPSA) is 58.2 Å². The van der Waals surface area contributed by atoms with E-state index in [-0.39, 0.29) is 24.5 Å². The van der Waals surface area contributed by atoms with Crippen LogP contribution in [0.5, 0.6) is 0 Å². The largest absolute Gasteiger partial charge is 0.352 e. The van der Waals surface area contributed by atoms with E-state index in [1.54, 1.807) is 6.07 Å². The number of carbonyl (C=O) groups excluding carboxylic acids is 2. The van der Waals surface area contributed by atoms with Crippen LogP contribution in [0, 0.1) is 0 Å². The highest BCUT2D eigenvalue weighted by atomic mass is 32.1. The molecule has 0 spiro atoms. The van der Waals surface area contributed by atoms with Crippen molar-refractivity contribution in [2.24, 2.45) is 0 Å². The summed E-state index contributed by atoms with van der Waals surface area (Å²) >= 11 is 1.42. The van der Waals surface area contributed by atoms with E-state index < -0.39 is 0 Å². The Balaban J connectivity index is 1.45. The highest BCUT2D eigenvalue weighted by Gasteiger charge is 2.12. The maximum Gasteiger partial charge on any atom is 0.220 e. The van der Waals surface area contributed by atoms with E-state index in [4.69, 9.17) is 0 Å². The molecule has 114 valence electrons. The number of nitrogens with one attached hydrogen (secondary N) is 2. The Morgan fingerprint density at radius 3 is 2.82 bits per heavy atom. The summed E-state index contributed by atoms with van der Waals surface area (Å²) in [5.41, 5.74) is 3.73. The fourth-order valence-corrected chi connectivity index (χ4v) is 3.23. The Morgan fingerprint density at radius 2 is 2.00 bits per heavy atom. The quantitative estimate of drug-likeness (QED) is 0.806. The zero-order valence-electron chi connectivity index (χ0n) is 12.2. The zero-order chi connectivity index (χ0) is 15.4. The average molecular weight is 314 g/mol. The fourth-order valence-electron chi connectivity index (χ4n) is 2.53. The van der Waals surface area contributed by atoms with Crippen molar-refractivity contribution >= 4 is 23.0 Å². The molecule has 0 unspecified atom stereocenters. The Bertz CT molecular complexity index is 680. The molecule has 1 aromatic heterocycles. The molecular weight excluding hydrogens is 296 g/mol. The maximum absolute atomic E-state index is 11.9. The number of benzene rings is 1. The zero-order valence-corrected chi connectivity index (χ0v) is 13.0. The van der Waals surface area contributed by atoms with Crippen molar-refractivity contribution in [3.63, 3.8) is 0 Å². The van der Waals surface area contributed by atoms with Gasteiger partial charge >= 0.3 is 0 Å². The van der Waals surface area contributed by atoms with E-state index >= 15 is 0 Å². The third-order valence-electron chi connectivity index (χ3n) is 3.77. The van der Waals surface area contributed by atoms with Crippen molar-refractivity contribution in [2.45, 2.75) is 32.5 Å². The molecule has 5 heteroatoms. The second-order valence-electron chi connectivity index (χ2n) is 5.38. The van der Waals surface area contributed by atoms with Crippen molar-refractivity contribution in [1.29, 1.82) is 0 Å². The third-order valence-corrected chi connectivity index (χ3v) is 4.68. The van der Waals surface area contributed by atoms with Gasteiger partial charge in [-0.15, -0.1) is 11.3 Å².